The summed E-state index contributed by atoms with van der Waals surface area (Å²) in [5.74, 6) is 0.611. The predicted molar refractivity (Wildman–Crippen MR) is 157 cm³/mol. The van der Waals surface area contributed by atoms with Crippen LogP contribution in [0.15, 0.2) is 121 Å². The quantitative estimate of drug-likeness (QED) is 0.214. The minimum Gasteiger partial charge on any atom is -0.508 e. The standard InChI is InChI=1S/C35H33NO2/c1-26-2-16-31(17-3-26)36(32-18-8-27(9-19-32)4-6-29-12-22-34(37)23-13-29)33-20-10-28(11-21-33)5-7-30-14-24-35(38)25-15-30/h2-3,8-25,37-38H,4-7H2,1H3. The Hall–Kier alpha value is -4.50. The second kappa shape index (κ2) is 11.7. The predicted octanol–water partition coefficient (Wildman–Crippen LogP) is 8.45. The molecule has 0 amide bonds. The minimum absolute atomic E-state index is 0.305. The minimum atomic E-state index is 0.305. The molecular weight excluding hydrogens is 466 g/mol. The molecule has 0 spiro atoms. The molecule has 5 aromatic carbocycles. The molecule has 2 N–H and O–H groups in total. The van der Waals surface area contributed by atoms with Crippen molar-refractivity contribution in [2.75, 3.05) is 4.90 Å². The first-order chi connectivity index (χ1) is 18.5. The third-order valence-electron chi connectivity index (χ3n) is 6.96. The van der Waals surface area contributed by atoms with E-state index in [-0.39, 0.29) is 0 Å². The Labute approximate surface area is 225 Å². The summed E-state index contributed by atoms with van der Waals surface area (Å²) in [6.45, 7) is 2.11. The fourth-order valence-corrected chi connectivity index (χ4v) is 4.67. The Kier molecular flexibility index (Phi) is 7.75. The number of hydrogen-bond donors (Lipinski definition) is 2. The fraction of sp³-hybridized carbons (Fsp3) is 0.143. The molecule has 0 unspecified atom stereocenters. The summed E-state index contributed by atoms with van der Waals surface area (Å²) >= 11 is 0. The topological polar surface area (TPSA) is 43.7 Å². The Bertz CT molecular complexity index is 1340. The second-order valence-electron chi connectivity index (χ2n) is 9.84. The van der Waals surface area contributed by atoms with E-state index in [9.17, 15) is 10.2 Å². The van der Waals surface area contributed by atoms with Gasteiger partial charge in [0, 0.05) is 17.1 Å². The van der Waals surface area contributed by atoms with Crippen molar-refractivity contribution in [3.05, 3.63) is 149 Å². The van der Waals surface area contributed by atoms with Gasteiger partial charge in [0.25, 0.3) is 0 Å². The molecule has 0 aromatic heterocycles. The first kappa shape index (κ1) is 25.2. The van der Waals surface area contributed by atoms with Crippen LogP contribution < -0.4 is 4.90 Å². The highest BCUT2D eigenvalue weighted by atomic mass is 16.3. The van der Waals surface area contributed by atoms with Gasteiger partial charge in [-0.15, -0.1) is 0 Å². The zero-order valence-electron chi connectivity index (χ0n) is 21.7. The largest absolute Gasteiger partial charge is 0.508 e. The van der Waals surface area contributed by atoms with E-state index >= 15 is 0 Å². The monoisotopic (exact) mass is 499 g/mol. The van der Waals surface area contributed by atoms with E-state index in [4.69, 9.17) is 0 Å². The summed E-state index contributed by atoms with van der Waals surface area (Å²) in [6.07, 6.45) is 3.77. The van der Waals surface area contributed by atoms with Crippen molar-refractivity contribution < 1.29 is 10.2 Å². The van der Waals surface area contributed by atoms with Crippen molar-refractivity contribution in [3.8, 4) is 11.5 Å². The molecule has 0 radical (unpaired) electrons. The van der Waals surface area contributed by atoms with Gasteiger partial charge in [-0.3, -0.25) is 0 Å². The Morgan fingerprint density at radius 2 is 0.658 bits per heavy atom. The average molecular weight is 500 g/mol. The van der Waals surface area contributed by atoms with Crippen molar-refractivity contribution in [2.45, 2.75) is 32.6 Å². The summed E-state index contributed by atoms with van der Waals surface area (Å²) < 4.78 is 0. The lowest BCUT2D eigenvalue weighted by molar-refractivity contribution is 0.474. The summed E-state index contributed by atoms with van der Waals surface area (Å²) in [7, 11) is 0. The Balaban J connectivity index is 1.33. The Morgan fingerprint density at radius 3 is 0.974 bits per heavy atom. The van der Waals surface area contributed by atoms with Crippen LogP contribution in [0, 0.1) is 6.92 Å². The maximum Gasteiger partial charge on any atom is 0.115 e. The van der Waals surface area contributed by atoms with Gasteiger partial charge >= 0.3 is 0 Å². The van der Waals surface area contributed by atoms with E-state index < -0.39 is 0 Å². The van der Waals surface area contributed by atoms with E-state index in [1.165, 1.54) is 27.8 Å². The van der Waals surface area contributed by atoms with Gasteiger partial charge in [-0.2, -0.15) is 0 Å². The number of phenols is 2. The number of phenolic OH excluding ortho intramolecular Hbond substituents is 2. The first-order valence-corrected chi connectivity index (χ1v) is 13.1. The van der Waals surface area contributed by atoms with Crippen LogP contribution in [0.1, 0.15) is 27.8 Å². The van der Waals surface area contributed by atoms with Gasteiger partial charge in [-0.05, 0) is 116 Å². The molecule has 5 rings (SSSR count). The molecule has 0 aliphatic heterocycles. The molecule has 0 heterocycles. The second-order valence-corrected chi connectivity index (χ2v) is 9.84. The third kappa shape index (κ3) is 6.43. The van der Waals surface area contributed by atoms with E-state index in [1.807, 2.05) is 24.3 Å². The molecule has 0 saturated carbocycles. The van der Waals surface area contributed by atoms with E-state index in [0.717, 1.165) is 42.7 Å². The van der Waals surface area contributed by atoms with Gasteiger partial charge in [0.1, 0.15) is 11.5 Å². The lowest BCUT2D eigenvalue weighted by atomic mass is 10.0. The number of rotatable bonds is 9. The van der Waals surface area contributed by atoms with Gasteiger partial charge < -0.3 is 15.1 Å². The van der Waals surface area contributed by atoms with Gasteiger partial charge in [-0.1, -0.05) is 66.2 Å². The van der Waals surface area contributed by atoms with Crippen molar-refractivity contribution in [1.29, 1.82) is 0 Å². The van der Waals surface area contributed by atoms with E-state index in [1.54, 1.807) is 24.3 Å². The zero-order chi connectivity index (χ0) is 26.3. The number of anilines is 3. The van der Waals surface area contributed by atoms with Gasteiger partial charge in [-0.25, -0.2) is 0 Å². The smallest absolute Gasteiger partial charge is 0.115 e. The van der Waals surface area contributed by atoms with Crippen LogP contribution in [0.4, 0.5) is 17.1 Å². The first-order valence-electron chi connectivity index (χ1n) is 13.1. The van der Waals surface area contributed by atoms with Gasteiger partial charge in [0.05, 0.1) is 0 Å². The molecule has 0 bridgehead atoms. The molecule has 0 atom stereocenters. The molecule has 3 heteroatoms. The molecule has 3 nitrogen and oxygen atoms in total. The fourth-order valence-electron chi connectivity index (χ4n) is 4.67. The van der Waals surface area contributed by atoms with Crippen molar-refractivity contribution in [1.82, 2.24) is 0 Å². The molecule has 0 fully saturated rings. The molecule has 0 aliphatic carbocycles. The average Bonchev–Trinajstić information content (AvgIpc) is 2.95. The summed E-state index contributed by atoms with van der Waals surface area (Å²) in [4.78, 5) is 2.30. The van der Waals surface area contributed by atoms with Crippen LogP contribution in [-0.2, 0) is 25.7 Å². The number of hydrogen-bond acceptors (Lipinski definition) is 3. The van der Waals surface area contributed by atoms with Crippen LogP contribution in [0.25, 0.3) is 0 Å². The number of benzene rings is 5. The van der Waals surface area contributed by atoms with E-state index in [0.29, 0.717) is 11.5 Å². The van der Waals surface area contributed by atoms with Crippen LogP contribution >= 0.6 is 0 Å². The molecule has 38 heavy (non-hydrogen) atoms. The van der Waals surface area contributed by atoms with Crippen LogP contribution in [-0.4, -0.2) is 10.2 Å². The van der Waals surface area contributed by atoms with Crippen LogP contribution in [0.5, 0.6) is 11.5 Å². The highest BCUT2D eigenvalue weighted by Gasteiger charge is 2.13. The van der Waals surface area contributed by atoms with Crippen molar-refractivity contribution >= 4 is 17.1 Å². The molecule has 0 saturated heterocycles. The number of aromatic hydroxyl groups is 2. The maximum absolute atomic E-state index is 9.51. The van der Waals surface area contributed by atoms with Crippen molar-refractivity contribution in [2.24, 2.45) is 0 Å². The number of nitrogens with zero attached hydrogens (tertiary/aromatic N) is 1. The highest BCUT2D eigenvalue weighted by Crippen LogP contribution is 2.35. The molecule has 5 aromatic rings. The summed E-state index contributed by atoms with van der Waals surface area (Å²) in [6, 6.07) is 41.2. The SMILES string of the molecule is Cc1ccc(N(c2ccc(CCc3ccc(O)cc3)cc2)c2ccc(CCc3ccc(O)cc3)cc2)cc1. The lowest BCUT2D eigenvalue weighted by Crippen LogP contribution is -2.10. The summed E-state index contributed by atoms with van der Waals surface area (Å²) in [5, 5.41) is 19.0. The molecule has 190 valence electrons. The summed E-state index contributed by atoms with van der Waals surface area (Å²) in [5.41, 5.74) is 9.63. The maximum atomic E-state index is 9.51. The normalized spacial score (nSPS) is 10.9. The lowest BCUT2D eigenvalue weighted by Gasteiger charge is -2.26. The van der Waals surface area contributed by atoms with Gasteiger partial charge in [0.15, 0.2) is 0 Å². The van der Waals surface area contributed by atoms with Gasteiger partial charge in [0.2, 0.25) is 0 Å². The number of aryl methyl sites for hydroxylation is 5. The molecular formula is C35H33NO2. The molecule has 0 aliphatic rings. The van der Waals surface area contributed by atoms with Crippen LogP contribution in [0.2, 0.25) is 0 Å². The van der Waals surface area contributed by atoms with Crippen LogP contribution in [0.3, 0.4) is 0 Å². The Morgan fingerprint density at radius 1 is 0.395 bits per heavy atom. The van der Waals surface area contributed by atoms with E-state index in [2.05, 4.69) is 84.6 Å². The third-order valence-corrected chi connectivity index (χ3v) is 6.96. The van der Waals surface area contributed by atoms with Crippen molar-refractivity contribution in [3.63, 3.8) is 0 Å². The highest BCUT2D eigenvalue weighted by molar-refractivity contribution is 5.76. The zero-order valence-corrected chi connectivity index (χ0v) is 21.7.